The fraction of sp³-hybridized carbons (Fsp3) is 0. The molecule has 0 spiro atoms. The van der Waals surface area contributed by atoms with Crippen LogP contribution in [-0.4, -0.2) is 15.0 Å². The molecule has 0 unspecified atom stereocenters. The highest BCUT2D eigenvalue weighted by molar-refractivity contribution is 6.17. The van der Waals surface area contributed by atoms with Gasteiger partial charge in [0, 0.05) is 50.0 Å². The predicted molar refractivity (Wildman–Crippen MR) is 202 cm³/mol. The molecule has 0 N–H and O–H groups in total. The van der Waals surface area contributed by atoms with Gasteiger partial charge in [0.05, 0.1) is 17.1 Å². The highest BCUT2D eigenvalue weighted by Crippen LogP contribution is 2.43. The molecule has 0 saturated carbocycles. The Morgan fingerprint density at radius 1 is 0.380 bits per heavy atom. The van der Waals surface area contributed by atoms with Crippen LogP contribution in [0.5, 0.6) is 0 Å². The summed E-state index contributed by atoms with van der Waals surface area (Å²) >= 11 is 0. The molecule has 50 heavy (non-hydrogen) atoms. The molecule has 0 aliphatic rings. The Labute approximate surface area is 287 Å². The number of fused-ring (bicyclic) bond motifs is 6. The van der Waals surface area contributed by atoms with Crippen molar-refractivity contribution in [2.24, 2.45) is 0 Å². The lowest BCUT2D eigenvalue weighted by Crippen LogP contribution is -1.96. The third-order valence-electron chi connectivity index (χ3n) is 9.37. The minimum atomic E-state index is 0.644. The quantitative estimate of drug-likeness (QED) is 0.187. The average Bonchev–Trinajstić information content (AvgIpc) is 3.77. The van der Waals surface area contributed by atoms with Gasteiger partial charge < -0.3 is 8.83 Å². The number of aromatic nitrogens is 3. The number of hydrogen-bond donors (Lipinski definition) is 0. The van der Waals surface area contributed by atoms with Gasteiger partial charge in [-0.2, -0.15) is 0 Å². The van der Waals surface area contributed by atoms with Crippen molar-refractivity contribution in [3.63, 3.8) is 0 Å². The first-order valence-electron chi connectivity index (χ1n) is 16.6. The predicted octanol–water partition coefficient (Wildman–Crippen LogP) is 12.0. The standard InChI is InChI=1S/C45H27N3O2/c1-2-11-28(12-3-1)45-47-38(31-14-10-13-30(25-31)37-17-8-9-24-46-37)27-39(48-45)35-23-22-32(43-36-16-5-7-19-41(36)50-44(35)43)29-20-21-34-33-15-4-6-18-40(33)49-42(34)26-29/h1-27H. The van der Waals surface area contributed by atoms with E-state index in [1.807, 2.05) is 91.1 Å². The molecule has 10 rings (SSSR count). The number of furan rings is 2. The minimum absolute atomic E-state index is 0.644. The van der Waals surface area contributed by atoms with Gasteiger partial charge in [0.2, 0.25) is 0 Å². The van der Waals surface area contributed by atoms with Crippen molar-refractivity contribution >= 4 is 43.9 Å². The maximum absolute atomic E-state index is 6.71. The second kappa shape index (κ2) is 11.4. The molecule has 0 aliphatic heterocycles. The van der Waals surface area contributed by atoms with E-state index < -0.39 is 0 Å². The summed E-state index contributed by atoms with van der Waals surface area (Å²) in [7, 11) is 0. The Kier molecular flexibility index (Phi) is 6.42. The largest absolute Gasteiger partial charge is 0.456 e. The van der Waals surface area contributed by atoms with Crippen molar-refractivity contribution in [2.75, 3.05) is 0 Å². The average molecular weight is 642 g/mol. The third-order valence-corrected chi connectivity index (χ3v) is 9.37. The lowest BCUT2D eigenvalue weighted by Gasteiger charge is -2.12. The molecule has 5 nitrogen and oxygen atoms in total. The van der Waals surface area contributed by atoms with Crippen molar-refractivity contribution < 1.29 is 8.83 Å². The van der Waals surface area contributed by atoms with Crippen LogP contribution in [0.4, 0.5) is 0 Å². The molecule has 6 aromatic carbocycles. The molecule has 4 aromatic heterocycles. The van der Waals surface area contributed by atoms with Crippen molar-refractivity contribution in [3.05, 3.63) is 164 Å². The number of nitrogens with zero attached hydrogens (tertiary/aromatic N) is 3. The summed E-state index contributed by atoms with van der Waals surface area (Å²) < 4.78 is 13.0. The van der Waals surface area contributed by atoms with Crippen LogP contribution in [0.2, 0.25) is 0 Å². The Bertz CT molecular complexity index is 2870. The Balaban J connectivity index is 1.19. The summed E-state index contributed by atoms with van der Waals surface area (Å²) in [5, 5.41) is 4.29. The molecule has 0 aliphatic carbocycles. The normalized spacial score (nSPS) is 11.6. The molecule has 0 saturated heterocycles. The highest BCUT2D eigenvalue weighted by atomic mass is 16.3. The number of pyridine rings is 1. The molecule has 0 amide bonds. The molecule has 10 aromatic rings. The summed E-state index contributed by atoms with van der Waals surface area (Å²) in [5.41, 5.74) is 11.8. The van der Waals surface area contributed by atoms with Gasteiger partial charge in [-0.15, -0.1) is 0 Å². The molecule has 0 bridgehead atoms. The topological polar surface area (TPSA) is 65.0 Å². The van der Waals surface area contributed by atoms with E-state index in [1.54, 1.807) is 0 Å². The monoisotopic (exact) mass is 641 g/mol. The van der Waals surface area contributed by atoms with Gasteiger partial charge in [-0.1, -0.05) is 103 Å². The van der Waals surface area contributed by atoms with E-state index in [0.717, 1.165) is 94.3 Å². The smallest absolute Gasteiger partial charge is 0.160 e. The van der Waals surface area contributed by atoms with E-state index in [0.29, 0.717) is 5.82 Å². The van der Waals surface area contributed by atoms with Gasteiger partial charge in [0.15, 0.2) is 5.82 Å². The highest BCUT2D eigenvalue weighted by Gasteiger charge is 2.20. The van der Waals surface area contributed by atoms with E-state index in [2.05, 4.69) is 77.8 Å². The number of hydrogen-bond acceptors (Lipinski definition) is 5. The number of rotatable bonds is 5. The zero-order valence-electron chi connectivity index (χ0n) is 26.7. The zero-order chi connectivity index (χ0) is 33.0. The van der Waals surface area contributed by atoms with Crippen molar-refractivity contribution in [3.8, 4) is 56.3 Å². The first-order chi connectivity index (χ1) is 24.8. The summed E-state index contributed by atoms with van der Waals surface area (Å²) in [6, 6.07) is 53.6. The SMILES string of the molecule is c1ccc(-c2nc(-c3cccc(-c4ccccn4)c3)cc(-c3ccc(-c4ccc5c(c4)oc4ccccc45)c4c3oc3ccccc34)n2)cc1. The molecule has 234 valence electrons. The van der Waals surface area contributed by atoms with Crippen molar-refractivity contribution in [2.45, 2.75) is 0 Å². The van der Waals surface area contributed by atoms with Gasteiger partial charge in [-0.3, -0.25) is 4.98 Å². The Morgan fingerprint density at radius 2 is 1.06 bits per heavy atom. The van der Waals surface area contributed by atoms with Crippen LogP contribution in [0.1, 0.15) is 0 Å². The van der Waals surface area contributed by atoms with Crippen LogP contribution in [0, 0.1) is 0 Å². The van der Waals surface area contributed by atoms with Crippen LogP contribution in [-0.2, 0) is 0 Å². The fourth-order valence-corrected chi connectivity index (χ4v) is 6.98. The molecule has 4 heterocycles. The van der Waals surface area contributed by atoms with Gasteiger partial charge in [0.1, 0.15) is 22.3 Å². The van der Waals surface area contributed by atoms with Crippen molar-refractivity contribution in [1.82, 2.24) is 15.0 Å². The summed E-state index contributed by atoms with van der Waals surface area (Å²) in [6.45, 7) is 0. The van der Waals surface area contributed by atoms with E-state index in [9.17, 15) is 0 Å². The molecule has 0 atom stereocenters. The van der Waals surface area contributed by atoms with E-state index in [4.69, 9.17) is 18.8 Å². The van der Waals surface area contributed by atoms with Gasteiger partial charge in [-0.05, 0) is 65.7 Å². The van der Waals surface area contributed by atoms with Crippen LogP contribution >= 0.6 is 0 Å². The van der Waals surface area contributed by atoms with Gasteiger partial charge in [-0.25, -0.2) is 9.97 Å². The van der Waals surface area contributed by atoms with Gasteiger partial charge in [0.25, 0.3) is 0 Å². The maximum Gasteiger partial charge on any atom is 0.160 e. The minimum Gasteiger partial charge on any atom is -0.456 e. The summed E-state index contributed by atoms with van der Waals surface area (Å²) in [4.78, 5) is 14.8. The summed E-state index contributed by atoms with van der Waals surface area (Å²) in [6.07, 6.45) is 1.81. The van der Waals surface area contributed by atoms with Crippen molar-refractivity contribution in [1.29, 1.82) is 0 Å². The molecule has 0 radical (unpaired) electrons. The first kappa shape index (κ1) is 28.2. The second-order valence-electron chi connectivity index (χ2n) is 12.4. The van der Waals surface area contributed by atoms with Crippen LogP contribution in [0.25, 0.3) is 100 Å². The molecule has 0 fully saturated rings. The van der Waals surface area contributed by atoms with Crippen LogP contribution in [0.3, 0.4) is 0 Å². The Hall–Kier alpha value is -6.85. The first-order valence-corrected chi connectivity index (χ1v) is 16.6. The van der Waals surface area contributed by atoms with E-state index >= 15 is 0 Å². The molecular weight excluding hydrogens is 615 g/mol. The lowest BCUT2D eigenvalue weighted by molar-refractivity contribution is 0.668. The number of benzene rings is 6. The van der Waals surface area contributed by atoms with Crippen LogP contribution < -0.4 is 0 Å². The zero-order valence-corrected chi connectivity index (χ0v) is 26.7. The van der Waals surface area contributed by atoms with E-state index in [-0.39, 0.29) is 0 Å². The van der Waals surface area contributed by atoms with Gasteiger partial charge >= 0.3 is 0 Å². The second-order valence-corrected chi connectivity index (χ2v) is 12.4. The molecular formula is C45H27N3O2. The van der Waals surface area contributed by atoms with Crippen LogP contribution in [0.15, 0.2) is 173 Å². The van der Waals surface area contributed by atoms with E-state index in [1.165, 1.54) is 0 Å². The lowest BCUT2D eigenvalue weighted by atomic mass is 9.95. The maximum atomic E-state index is 6.71. The number of para-hydroxylation sites is 2. The summed E-state index contributed by atoms with van der Waals surface area (Å²) in [5.74, 6) is 0.644. The Morgan fingerprint density at radius 3 is 1.90 bits per heavy atom. The fourth-order valence-electron chi connectivity index (χ4n) is 6.98. The third kappa shape index (κ3) is 4.67. The molecule has 5 heteroatoms.